The molecular weight excluding hydrogens is 361 g/mol. The lowest BCUT2D eigenvalue weighted by Gasteiger charge is -2.24. The third-order valence-corrected chi connectivity index (χ3v) is 4.99. The first-order chi connectivity index (χ1) is 12.2. The standard InChI is InChI=1S/C19H21F3N2OS/c1-18(2,13-23-17(25)24-16-9-4-3-5-10-16)26-12-14-7-6-8-15(11-14)19(20,21)22/h3-11H,12-13H2,1-2H3,(H2,23,24,25). The van der Waals surface area contributed by atoms with Crippen LogP contribution in [0.3, 0.4) is 0 Å². The average Bonchev–Trinajstić information content (AvgIpc) is 2.59. The van der Waals surface area contributed by atoms with Gasteiger partial charge in [-0.25, -0.2) is 4.79 Å². The quantitative estimate of drug-likeness (QED) is 0.689. The number of urea groups is 1. The molecule has 0 aromatic heterocycles. The van der Waals surface area contributed by atoms with Crippen LogP contribution < -0.4 is 10.6 Å². The molecule has 0 radical (unpaired) electrons. The summed E-state index contributed by atoms with van der Waals surface area (Å²) in [5.74, 6) is 0.429. The minimum absolute atomic E-state index is 0.316. The van der Waals surface area contributed by atoms with Gasteiger partial charge in [-0.2, -0.15) is 13.2 Å². The number of hydrogen-bond donors (Lipinski definition) is 2. The van der Waals surface area contributed by atoms with Gasteiger partial charge in [0.25, 0.3) is 0 Å². The third-order valence-electron chi connectivity index (χ3n) is 3.59. The van der Waals surface area contributed by atoms with E-state index in [1.54, 1.807) is 18.2 Å². The van der Waals surface area contributed by atoms with Gasteiger partial charge >= 0.3 is 12.2 Å². The maximum absolute atomic E-state index is 12.8. The van der Waals surface area contributed by atoms with E-state index in [0.29, 0.717) is 23.5 Å². The molecule has 26 heavy (non-hydrogen) atoms. The predicted octanol–water partition coefficient (Wildman–Crippen LogP) is 5.54. The highest BCUT2D eigenvalue weighted by atomic mass is 32.2. The van der Waals surface area contributed by atoms with E-state index in [0.717, 1.165) is 6.07 Å². The van der Waals surface area contributed by atoms with Gasteiger partial charge in [0.15, 0.2) is 0 Å². The van der Waals surface area contributed by atoms with E-state index in [1.807, 2.05) is 32.0 Å². The molecule has 2 aromatic rings. The van der Waals surface area contributed by atoms with E-state index < -0.39 is 11.7 Å². The van der Waals surface area contributed by atoms with Crippen LogP contribution in [-0.2, 0) is 11.9 Å². The maximum atomic E-state index is 12.8. The molecule has 0 saturated carbocycles. The minimum Gasteiger partial charge on any atom is -0.336 e. The van der Waals surface area contributed by atoms with Gasteiger partial charge in [-0.05, 0) is 37.6 Å². The first-order valence-electron chi connectivity index (χ1n) is 8.06. The Morgan fingerprint density at radius 1 is 1.04 bits per heavy atom. The van der Waals surface area contributed by atoms with E-state index in [4.69, 9.17) is 0 Å². The molecule has 2 amide bonds. The van der Waals surface area contributed by atoms with Crippen LogP contribution in [-0.4, -0.2) is 17.3 Å². The number of anilines is 1. The van der Waals surface area contributed by atoms with Gasteiger partial charge in [-0.1, -0.05) is 36.4 Å². The molecule has 2 aromatic carbocycles. The molecule has 3 nitrogen and oxygen atoms in total. The van der Waals surface area contributed by atoms with Crippen molar-refractivity contribution in [3.63, 3.8) is 0 Å². The summed E-state index contributed by atoms with van der Waals surface area (Å²) < 4.78 is 38.0. The molecule has 0 aliphatic carbocycles. The molecule has 0 bridgehead atoms. The summed E-state index contributed by atoms with van der Waals surface area (Å²) in [6.07, 6.45) is -4.34. The molecule has 2 N–H and O–H groups in total. The van der Waals surface area contributed by atoms with Crippen molar-refractivity contribution in [1.82, 2.24) is 5.32 Å². The molecule has 2 rings (SSSR count). The number of para-hydroxylation sites is 1. The van der Waals surface area contributed by atoms with Crippen LogP contribution >= 0.6 is 11.8 Å². The lowest BCUT2D eigenvalue weighted by Crippen LogP contribution is -2.38. The van der Waals surface area contributed by atoms with E-state index >= 15 is 0 Å². The summed E-state index contributed by atoms with van der Waals surface area (Å²) in [6, 6.07) is 14.1. The Bertz CT molecular complexity index is 733. The smallest absolute Gasteiger partial charge is 0.336 e. The van der Waals surface area contributed by atoms with Crippen LogP contribution in [0.2, 0.25) is 0 Å². The topological polar surface area (TPSA) is 41.1 Å². The van der Waals surface area contributed by atoms with Crippen molar-refractivity contribution in [1.29, 1.82) is 0 Å². The molecule has 0 aliphatic rings. The number of carbonyl (C=O) groups excluding carboxylic acids is 1. The second kappa shape index (κ2) is 8.49. The Morgan fingerprint density at radius 3 is 2.38 bits per heavy atom. The van der Waals surface area contributed by atoms with E-state index in [2.05, 4.69) is 10.6 Å². The number of hydrogen-bond acceptors (Lipinski definition) is 2. The number of halogens is 3. The Kier molecular flexibility index (Phi) is 6.58. The Labute approximate surface area is 155 Å². The minimum atomic E-state index is -4.34. The van der Waals surface area contributed by atoms with E-state index in [-0.39, 0.29) is 10.8 Å². The predicted molar refractivity (Wildman–Crippen MR) is 100 cm³/mol. The molecular formula is C19H21F3N2OS. The number of rotatable bonds is 6. The number of benzene rings is 2. The SMILES string of the molecule is CC(C)(CNC(=O)Nc1ccccc1)SCc1cccc(C(F)(F)F)c1. The normalized spacial score (nSPS) is 11.9. The highest BCUT2D eigenvalue weighted by Gasteiger charge is 2.30. The Hall–Kier alpha value is -2.15. The Balaban J connectivity index is 1.84. The first kappa shape index (κ1) is 20.2. The van der Waals surface area contributed by atoms with Crippen LogP contribution in [0.15, 0.2) is 54.6 Å². The van der Waals surface area contributed by atoms with Crippen LogP contribution in [0.4, 0.5) is 23.7 Å². The number of alkyl halides is 3. The van der Waals surface area contributed by atoms with Gasteiger partial charge in [0.05, 0.1) is 5.56 Å². The van der Waals surface area contributed by atoms with Gasteiger partial charge in [-0.3, -0.25) is 0 Å². The Morgan fingerprint density at radius 2 is 1.73 bits per heavy atom. The van der Waals surface area contributed by atoms with Crippen molar-refractivity contribution in [2.75, 3.05) is 11.9 Å². The lowest BCUT2D eigenvalue weighted by atomic mass is 10.1. The van der Waals surface area contributed by atoms with E-state index in [1.165, 1.54) is 23.9 Å². The van der Waals surface area contributed by atoms with Crippen LogP contribution in [0, 0.1) is 0 Å². The van der Waals surface area contributed by atoms with Gasteiger partial charge in [0, 0.05) is 22.7 Å². The fourth-order valence-corrected chi connectivity index (χ4v) is 3.07. The molecule has 0 saturated heterocycles. The van der Waals surface area contributed by atoms with Crippen molar-refractivity contribution >= 4 is 23.5 Å². The zero-order chi connectivity index (χ0) is 19.2. The molecule has 0 unspecified atom stereocenters. The fraction of sp³-hybridized carbons (Fsp3) is 0.316. The highest BCUT2D eigenvalue weighted by Crippen LogP contribution is 2.32. The maximum Gasteiger partial charge on any atom is 0.416 e. The fourth-order valence-electron chi connectivity index (χ4n) is 2.16. The molecule has 0 atom stereocenters. The summed E-state index contributed by atoms with van der Waals surface area (Å²) in [5, 5.41) is 5.52. The first-order valence-corrected chi connectivity index (χ1v) is 9.04. The highest BCUT2D eigenvalue weighted by molar-refractivity contribution is 7.99. The van der Waals surface area contributed by atoms with Crippen molar-refractivity contribution in [2.45, 2.75) is 30.5 Å². The zero-order valence-electron chi connectivity index (χ0n) is 14.6. The second-order valence-corrected chi connectivity index (χ2v) is 8.10. The molecule has 140 valence electrons. The van der Waals surface area contributed by atoms with Crippen molar-refractivity contribution in [2.24, 2.45) is 0 Å². The summed E-state index contributed by atoms with van der Waals surface area (Å²) in [5.41, 5.74) is 0.653. The van der Waals surface area contributed by atoms with Crippen LogP contribution in [0.1, 0.15) is 25.0 Å². The van der Waals surface area contributed by atoms with Gasteiger partial charge in [-0.15, -0.1) is 11.8 Å². The van der Waals surface area contributed by atoms with Crippen molar-refractivity contribution in [3.8, 4) is 0 Å². The molecule has 0 aliphatic heterocycles. The summed E-state index contributed by atoms with van der Waals surface area (Å²) in [6.45, 7) is 4.26. The average molecular weight is 382 g/mol. The van der Waals surface area contributed by atoms with Gasteiger partial charge < -0.3 is 10.6 Å². The molecule has 0 heterocycles. The zero-order valence-corrected chi connectivity index (χ0v) is 15.4. The number of amides is 2. The van der Waals surface area contributed by atoms with Gasteiger partial charge in [0.1, 0.15) is 0 Å². The number of thioether (sulfide) groups is 1. The van der Waals surface area contributed by atoms with Crippen molar-refractivity contribution < 1.29 is 18.0 Å². The third kappa shape index (κ3) is 6.63. The molecule has 0 fully saturated rings. The van der Waals surface area contributed by atoms with Gasteiger partial charge in [0.2, 0.25) is 0 Å². The summed E-state index contributed by atoms with van der Waals surface area (Å²) >= 11 is 1.49. The largest absolute Gasteiger partial charge is 0.416 e. The summed E-state index contributed by atoms with van der Waals surface area (Å²) in [7, 11) is 0. The second-order valence-electron chi connectivity index (χ2n) is 6.42. The van der Waals surface area contributed by atoms with E-state index in [9.17, 15) is 18.0 Å². The number of carbonyl (C=O) groups is 1. The van der Waals surface area contributed by atoms with Crippen LogP contribution in [0.5, 0.6) is 0 Å². The summed E-state index contributed by atoms with van der Waals surface area (Å²) in [4.78, 5) is 11.9. The lowest BCUT2D eigenvalue weighted by molar-refractivity contribution is -0.137. The number of nitrogens with one attached hydrogen (secondary N) is 2. The van der Waals surface area contributed by atoms with Crippen molar-refractivity contribution in [3.05, 3.63) is 65.7 Å². The van der Waals surface area contributed by atoms with Crippen LogP contribution in [0.25, 0.3) is 0 Å². The monoisotopic (exact) mass is 382 g/mol. The molecule has 0 spiro atoms. The molecule has 7 heteroatoms.